The zero-order valence-electron chi connectivity index (χ0n) is 12.2. The highest BCUT2D eigenvalue weighted by atomic mass is 32.3. The molecule has 1 aromatic carbocycles. The summed E-state index contributed by atoms with van der Waals surface area (Å²) in [5.74, 6) is 0. The Labute approximate surface area is 137 Å². The average Bonchev–Trinajstić information content (AvgIpc) is 3.03. The minimum absolute atomic E-state index is 0.134. The summed E-state index contributed by atoms with van der Waals surface area (Å²) < 4.78 is 33.9. The van der Waals surface area contributed by atoms with E-state index < -0.39 is 10.4 Å². The van der Waals surface area contributed by atoms with E-state index in [1.54, 1.807) is 17.6 Å². The van der Waals surface area contributed by atoms with Gasteiger partial charge in [-0.3, -0.25) is 4.55 Å². The first-order valence-corrected chi connectivity index (χ1v) is 8.87. The molecule has 1 aromatic heterocycles. The van der Waals surface area contributed by atoms with Crippen molar-refractivity contribution in [2.75, 3.05) is 24.6 Å². The van der Waals surface area contributed by atoms with Gasteiger partial charge in [0.25, 0.3) is 5.13 Å². The maximum atomic E-state index is 10.5. The third kappa shape index (κ3) is 5.98. The van der Waals surface area contributed by atoms with Gasteiger partial charge < -0.3 is 4.90 Å². The monoisotopic (exact) mass is 357 g/mol. The maximum Gasteiger partial charge on any atom is 0.397 e. The number of benzene rings is 1. The molecule has 0 fully saturated rings. The molecular formula is C12H15N5O4S2. The van der Waals surface area contributed by atoms with Gasteiger partial charge in [0, 0.05) is 18.8 Å². The topological polar surface area (TPSA) is 117 Å². The summed E-state index contributed by atoms with van der Waals surface area (Å²) in [6, 6.07) is 7.25. The van der Waals surface area contributed by atoms with Crippen LogP contribution in [0.15, 0.2) is 40.0 Å². The quantitative estimate of drug-likeness (QED) is 0.570. The largest absolute Gasteiger partial charge is 0.397 e. The van der Waals surface area contributed by atoms with Crippen LogP contribution in [0.3, 0.4) is 0 Å². The van der Waals surface area contributed by atoms with Crippen LogP contribution in [0.5, 0.6) is 0 Å². The number of hydrogen-bond acceptors (Lipinski definition) is 9. The lowest BCUT2D eigenvalue weighted by atomic mass is 10.2. The second kappa shape index (κ2) is 8.06. The van der Waals surface area contributed by atoms with Crippen LogP contribution in [-0.4, -0.2) is 42.9 Å². The predicted octanol–water partition coefficient (Wildman–Crippen LogP) is 2.60. The van der Waals surface area contributed by atoms with Crippen LogP contribution in [0.25, 0.3) is 0 Å². The first-order chi connectivity index (χ1) is 11.0. The van der Waals surface area contributed by atoms with Crippen molar-refractivity contribution in [1.29, 1.82) is 0 Å². The van der Waals surface area contributed by atoms with E-state index in [-0.39, 0.29) is 6.61 Å². The van der Waals surface area contributed by atoms with Crippen LogP contribution in [-0.2, 0) is 14.6 Å². The molecule has 1 heterocycles. The Hall–Kier alpha value is -1.95. The molecule has 0 radical (unpaired) electrons. The first kappa shape index (κ1) is 17.4. The number of hydrogen-bond donors (Lipinski definition) is 1. The van der Waals surface area contributed by atoms with Crippen molar-refractivity contribution >= 4 is 38.2 Å². The molecule has 0 spiro atoms. The summed E-state index contributed by atoms with van der Waals surface area (Å²) >= 11 is 1.29. The van der Waals surface area contributed by atoms with Gasteiger partial charge in [-0.05, 0) is 31.2 Å². The second-order valence-corrected chi connectivity index (χ2v) is 6.17. The zero-order chi connectivity index (χ0) is 16.7. The molecule has 0 aliphatic carbocycles. The lowest BCUT2D eigenvalue weighted by Crippen LogP contribution is -2.27. The highest BCUT2D eigenvalue weighted by molar-refractivity contribution is 7.80. The van der Waals surface area contributed by atoms with Gasteiger partial charge in [-0.1, -0.05) is 11.3 Å². The van der Waals surface area contributed by atoms with E-state index in [9.17, 15) is 8.42 Å². The third-order valence-electron chi connectivity index (χ3n) is 2.79. The molecule has 0 aliphatic heterocycles. The fourth-order valence-corrected chi connectivity index (χ4v) is 2.42. The molecule has 0 amide bonds. The van der Waals surface area contributed by atoms with E-state index >= 15 is 0 Å². The summed E-state index contributed by atoms with van der Waals surface area (Å²) in [6.45, 7) is 2.77. The number of likely N-dealkylation sites (N-methyl/N-ethyl adjacent to an activating group) is 1. The number of rotatable bonds is 8. The van der Waals surface area contributed by atoms with Crippen molar-refractivity contribution in [3.05, 3.63) is 29.8 Å². The molecule has 9 nitrogen and oxygen atoms in total. The second-order valence-electron chi connectivity index (χ2n) is 4.27. The molecule has 0 saturated carbocycles. The minimum atomic E-state index is -4.41. The molecule has 124 valence electrons. The van der Waals surface area contributed by atoms with E-state index in [0.29, 0.717) is 23.9 Å². The lowest BCUT2D eigenvalue weighted by molar-refractivity contribution is 0.274. The van der Waals surface area contributed by atoms with Crippen LogP contribution >= 0.6 is 11.3 Å². The summed E-state index contributed by atoms with van der Waals surface area (Å²) in [4.78, 5) is 1.90. The van der Waals surface area contributed by atoms with E-state index in [0.717, 1.165) is 5.69 Å². The van der Waals surface area contributed by atoms with Crippen LogP contribution in [0.4, 0.5) is 16.5 Å². The van der Waals surface area contributed by atoms with Gasteiger partial charge in [-0.2, -0.15) is 8.42 Å². The molecule has 0 unspecified atom stereocenters. The average molecular weight is 357 g/mol. The highest BCUT2D eigenvalue weighted by Crippen LogP contribution is 2.22. The fourth-order valence-electron chi connectivity index (χ4n) is 1.76. The molecule has 0 saturated heterocycles. The summed E-state index contributed by atoms with van der Waals surface area (Å²) in [7, 11) is -4.41. The van der Waals surface area contributed by atoms with Gasteiger partial charge in [0.1, 0.15) is 5.51 Å². The summed E-state index contributed by atoms with van der Waals surface area (Å²) in [5, 5.41) is 15.9. The Balaban J connectivity index is 1.96. The molecule has 2 rings (SSSR count). The van der Waals surface area contributed by atoms with Crippen LogP contribution in [0.2, 0.25) is 0 Å². The summed E-state index contributed by atoms with van der Waals surface area (Å²) in [6.07, 6.45) is 0. The lowest BCUT2D eigenvalue weighted by Gasteiger charge is -2.22. The molecule has 0 aliphatic rings. The smallest absolute Gasteiger partial charge is 0.369 e. The first-order valence-electron chi connectivity index (χ1n) is 6.62. The number of aromatic nitrogens is 2. The van der Waals surface area contributed by atoms with Gasteiger partial charge in [0.05, 0.1) is 12.3 Å². The molecular weight excluding hydrogens is 342 g/mol. The van der Waals surface area contributed by atoms with E-state index in [4.69, 9.17) is 4.55 Å². The Morgan fingerprint density at radius 1 is 1.30 bits per heavy atom. The van der Waals surface area contributed by atoms with Crippen molar-refractivity contribution < 1.29 is 17.2 Å². The third-order valence-corrected chi connectivity index (χ3v) is 3.83. The van der Waals surface area contributed by atoms with Crippen molar-refractivity contribution in [2.24, 2.45) is 10.2 Å². The normalized spacial score (nSPS) is 11.9. The van der Waals surface area contributed by atoms with Gasteiger partial charge >= 0.3 is 10.4 Å². The number of anilines is 1. The van der Waals surface area contributed by atoms with E-state index in [1.807, 2.05) is 24.0 Å². The molecule has 11 heteroatoms. The van der Waals surface area contributed by atoms with E-state index in [1.165, 1.54) is 11.3 Å². The zero-order valence-corrected chi connectivity index (χ0v) is 13.9. The standard InChI is InChI=1S/C12H15N5O4S2/c1-2-17(7-8-21-23(18,19)20)11-5-3-10(4-6-11)14-16-12-15-13-9-22-12/h3-6,9H,2,7-8H2,1H3,(H,18,19,20)/b16-14+. The highest BCUT2D eigenvalue weighted by Gasteiger charge is 2.08. The molecule has 0 atom stereocenters. The Kier molecular flexibility index (Phi) is 6.10. The van der Waals surface area contributed by atoms with Crippen molar-refractivity contribution in [1.82, 2.24) is 10.2 Å². The summed E-state index contributed by atoms with van der Waals surface area (Å²) in [5.41, 5.74) is 3.11. The van der Waals surface area contributed by atoms with Gasteiger partial charge in [-0.15, -0.1) is 20.4 Å². The maximum absolute atomic E-state index is 10.5. The Morgan fingerprint density at radius 2 is 2.04 bits per heavy atom. The Bertz CT molecular complexity index is 731. The van der Waals surface area contributed by atoms with Crippen LogP contribution < -0.4 is 4.90 Å². The van der Waals surface area contributed by atoms with Crippen molar-refractivity contribution in [3.8, 4) is 0 Å². The van der Waals surface area contributed by atoms with E-state index in [2.05, 4.69) is 24.6 Å². The van der Waals surface area contributed by atoms with Crippen molar-refractivity contribution in [3.63, 3.8) is 0 Å². The molecule has 2 aromatic rings. The number of azo groups is 1. The SMILES string of the molecule is CCN(CCOS(=O)(=O)O)c1ccc(/N=N/c2nncs2)cc1. The molecule has 23 heavy (non-hydrogen) atoms. The van der Waals surface area contributed by atoms with Crippen LogP contribution in [0, 0.1) is 0 Å². The van der Waals surface area contributed by atoms with Crippen molar-refractivity contribution in [2.45, 2.75) is 6.92 Å². The minimum Gasteiger partial charge on any atom is -0.369 e. The van der Waals surface area contributed by atoms with Gasteiger partial charge in [0.2, 0.25) is 0 Å². The molecule has 0 bridgehead atoms. The predicted molar refractivity (Wildman–Crippen MR) is 85.9 cm³/mol. The van der Waals surface area contributed by atoms with Crippen LogP contribution in [0.1, 0.15) is 6.92 Å². The number of nitrogens with zero attached hydrogens (tertiary/aromatic N) is 5. The van der Waals surface area contributed by atoms with Gasteiger partial charge in [0.15, 0.2) is 0 Å². The fraction of sp³-hybridized carbons (Fsp3) is 0.333. The Morgan fingerprint density at radius 3 is 2.61 bits per heavy atom. The molecule has 1 N–H and O–H groups in total. The van der Waals surface area contributed by atoms with Gasteiger partial charge in [-0.25, -0.2) is 4.18 Å².